The Morgan fingerprint density at radius 1 is 1.13 bits per heavy atom. The molecule has 1 fully saturated rings. The first-order valence-electron chi connectivity index (χ1n) is 10.5. The van der Waals surface area contributed by atoms with Gasteiger partial charge in [-0.15, -0.1) is 24.0 Å². The summed E-state index contributed by atoms with van der Waals surface area (Å²) in [6.07, 6.45) is 7.24. The van der Waals surface area contributed by atoms with Crippen molar-refractivity contribution in [1.82, 2.24) is 19.6 Å². The number of aliphatic imine (C=N–C) groups is 1. The number of halogens is 1. The molecular weight excluding hydrogens is 489 g/mol. The summed E-state index contributed by atoms with van der Waals surface area (Å²) in [7, 11) is 0. The first-order chi connectivity index (χ1) is 14.3. The van der Waals surface area contributed by atoms with Crippen LogP contribution in [0.15, 0.2) is 65.9 Å². The normalized spacial score (nSPS) is 15.1. The zero-order valence-electron chi connectivity index (χ0n) is 17.4. The molecule has 1 aliphatic rings. The van der Waals surface area contributed by atoms with Crippen LogP contribution in [0.4, 0.5) is 0 Å². The molecule has 0 unspecified atom stereocenters. The number of pyridine rings is 1. The van der Waals surface area contributed by atoms with E-state index < -0.39 is 0 Å². The van der Waals surface area contributed by atoms with Crippen LogP contribution in [0.1, 0.15) is 25.5 Å². The van der Waals surface area contributed by atoms with E-state index in [9.17, 15) is 0 Å². The van der Waals surface area contributed by atoms with Crippen molar-refractivity contribution in [2.45, 2.75) is 32.3 Å². The predicted octanol–water partition coefficient (Wildman–Crippen LogP) is 4.00. The zero-order chi connectivity index (χ0) is 19.9. The molecular formula is C23H30IN5O. The average molecular weight is 519 g/mol. The lowest BCUT2D eigenvalue weighted by Crippen LogP contribution is -2.47. The minimum Gasteiger partial charge on any atom is -0.490 e. The minimum absolute atomic E-state index is 0. The molecule has 0 atom stereocenters. The third-order valence-electron chi connectivity index (χ3n) is 5.17. The highest BCUT2D eigenvalue weighted by Gasteiger charge is 2.22. The number of imidazole rings is 1. The summed E-state index contributed by atoms with van der Waals surface area (Å²) in [4.78, 5) is 11.9. The van der Waals surface area contributed by atoms with E-state index in [1.54, 1.807) is 0 Å². The van der Waals surface area contributed by atoms with Gasteiger partial charge in [0.1, 0.15) is 17.5 Å². The number of likely N-dealkylation sites (tertiary alicyclic amines) is 1. The van der Waals surface area contributed by atoms with Gasteiger partial charge in [0.05, 0.1) is 5.69 Å². The van der Waals surface area contributed by atoms with Crippen molar-refractivity contribution >= 4 is 35.6 Å². The highest BCUT2D eigenvalue weighted by molar-refractivity contribution is 14.0. The number of ether oxygens (including phenoxy) is 1. The summed E-state index contributed by atoms with van der Waals surface area (Å²) in [5.41, 5.74) is 2.06. The number of hydrogen-bond acceptors (Lipinski definition) is 3. The molecule has 3 heterocycles. The lowest BCUT2D eigenvalue weighted by Gasteiger charge is -2.34. The third-order valence-corrected chi connectivity index (χ3v) is 5.17. The van der Waals surface area contributed by atoms with Gasteiger partial charge in [0.15, 0.2) is 5.96 Å². The number of aromatic nitrogens is 2. The molecule has 0 saturated carbocycles. The molecule has 0 amide bonds. The van der Waals surface area contributed by atoms with E-state index in [2.05, 4.69) is 32.7 Å². The molecule has 0 bridgehead atoms. The summed E-state index contributed by atoms with van der Waals surface area (Å²) in [6.45, 7) is 5.62. The first kappa shape index (κ1) is 22.4. The number of fused-ring (bicyclic) bond motifs is 1. The maximum absolute atomic E-state index is 6.11. The molecule has 1 aromatic carbocycles. The van der Waals surface area contributed by atoms with Gasteiger partial charge in [-0.1, -0.05) is 24.3 Å². The van der Waals surface area contributed by atoms with Crippen molar-refractivity contribution in [3.8, 4) is 5.75 Å². The highest BCUT2D eigenvalue weighted by Crippen LogP contribution is 2.18. The van der Waals surface area contributed by atoms with E-state index in [1.807, 2.05) is 54.7 Å². The van der Waals surface area contributed by atoms with Crippen LogP contribution in [0.5, 0.6) is 5.75 Å². The second kappa shape index (κ2) is 11.2. The van der Waals surface area contributed by atoms with Crippen LogP contribution in [0.25, 0.3) is 5.65 Å². The Bertz CT molecular complexity index is 902. The van der Waals surface area contributed by atoms with Gasteiger partial charge in [0.25, 0.3) is 0 Å². The molecule has 2 aromatic heterocycles. The van der Waals surface area contributed by atoms with Crippen molar-refractivity contribution in [3.63, 3.8) is 0 Å². The molecule has 4 rings (SSSR count). The lowest BCUT2D eigenvalue weighted by molar-refractivity contribution is 0.129. The van der Waals surface area contributed by atoms with Gasteiger partial charge in [-0.05, 0) is 31.2 Å². The van der Waals surface area contributed by atoms with Crippen molar-refractivity contribution in [1.29, 1.82) is 0 Å². The van der Waals surface area contributed by atoms with Crippen molar-refractivity contribution in [2.24, 2.45) is 4.99 Å². The molecule has 0 spiro atoms. The van der Waals surface area contributed by atoms with Crippen LogP contribution in [0.3, 0.4) is 0 Å². The van der Waals surface area contributed by atoms with E-state index >= 15 is 0 Å². The maximum atomic E-state index is 6.11. The van der Waals surface area contributed by atoms with Crippen LogP contribution in [0, 0.1) is 0 Å². The Kier molecular flexibility index (Phi) is 8.36. The Hall–Kier alpha value is -2.29. The molecule has 1 N–H and O–H groups in total. The topological polar surface area (TPSA) is 54.2 Å². The van der Waals surface area contributed by atoms with E-state index in [4.69, 9.17) is 9.73 Å². The number of nitrogens with zero attached hydrogens (tertiary/aromatic N) is 4. The number of guanidine groups is 1. The summed E-state index contributed by atoms with van der Waals surface area (Å²) < 4.78 is 8.17. The number of nitrogens with one attached hydrogen (secondary N) is 1. The standard InChI is InChI=1S/C23H29N5O.HI/c1-2-24-23(25-14-11-19-18-28-15-7-6-10-22(28)26-19)27-16-12-21(13-17-27)29-20-8-4-3-5-9-20;/h3-10,15,18,21H,2,11-14,16-17H2,1H3,(H,24,25);1H. The number of benzene rings is 1. The Balaban J connectivity index is 0.00000256. The zero-order valence-corrected chi connectivity index (χ0v) is 19.7. The molecule has 1 aliphatic heterocycles. The van der Waals surface area contributed by atoms with Crippen LogP contribution < -0.4 is 10.1 Å². The summed E-state index contributed by atoms with van der Waals surface area (Å²) in [5.74, 6) is 1.95. The molecule has 30 heavy (non-hydrogen) atoms. The van der Waals surface area contributed by atoms with Crippen molar-refractivity contribution in [2.75, 3.05) is 26.2 Å². The van der Waals surface area contributed by atoms with Crippen LogP contribution in [0.2, 0.25) is 0 Å². The van der Waals surface area contributed by atoms with E-state index in [0.717, 1.165) is 68.5 Å². The van der Waals surface area contributed by atoms with E-state index in [-0.39, 0.29) is 30.1 Å². The largest absolute Gasteiger partial charge is 0.490 e. The Morgan fingerprint density at radius 3 is 2.63 bits per heavy atom. The Labute approximate surface area is 195 Å². The summed E-state index contributed by atoms with van der Waals surface area (Å²) in [6, 6.07) is 16.2. The molecule has 160 valence electrons. The summed E-state index contributed by atoms with van der Waals surface area (Å²) >= 11 is 0. The smallest absolute Gasteiger partial charge is 0.193 e. The fourth-order valence-electron chi connectivity index (χ4n) is 3.69. The lowest BCUT2D eigenvalue weighted by atomic mass is 10.1. The minimum atomic E-state index is 0. The molecule has 6 nitrogen and oxygen atoms in total. The van der Waals surface area contributed by atoms with Crippen molar-refractivity contribution in [3.05, 3.63) is 66.6 Å². The van der Waals surface area contributed by atoms with Gasteiger partial charge in [0.2, 0.25) is 0 Å². The number of para-hydroxylation sites is 1. The second-order valence-electron chi connectivity index (χ2n) is 7.30. The van der Waals surface area contributed by atoms with Gasteiger partial charge in [-0.3, -0.25) is 4.99 Å². The van der Waals surface area contributed by atoms with Gasteiger partial charge < -0.3 is 19.4 Å². The number of piperidine rings is 1. The maximum Gasteiger partial charge on any atom is 0.193 e. The molecule has 3 aromatic rings. The fraction of sp³-hybridized carbons (Fsp3) is 0.391. The third kappa shape index (κ3) is 5.87. The van der Waals surface area contributed by atoms with Crippen molar-refractivity contribution < 1.29 is 4.74 Å². The molecule has 1 saturated heterocycles. The monoisotopic (exact) mass is 519 g/mol. The van der Waals surface area contributed by atoms with Gasteiger partial charge in [-0.2, -0.15) is 0 Å². The molecule has 7 heteroatoms. The van der Waals surface area contributed by atoms with Crippen LogP contribution >= 0.6 is 24.0 Å². The van der Waals surface area contributed by atoms with E-state index in [0.29, 0.717) is 0 Å². The first-order valence-corrected chi connectivity index (χ1v) is 10.5. The fourth-order valence-corrected chi connectivity index (χ4v) is 3.69. The Morgan fingerprint density at radius 2 is 1.90 bits per heavy atom. The summed E-state index contributed by atoms with van der Waals surface area (Å²) in [5, 5.41) is 3.44. The predicted molar refractivity (Wildman–Crippen MR) is 132 cm³/mol. The molecule has 0 radical (unpaired) electrons. The quantitative estimate of drug-likeness (QED) is 0.304. The van der Waals surface area contributed by atoms with Gasteiger partial charge >= 0.3 is 0 Å². The van der Waals surface area contributed by atoms with Gasteiger partial charge in [0, 0.05) is 57.8 Å². The van der Waals surface area contributed by atoms with Gasteiger partial charge in [-0.25, -0.2) is 4.98 Å². The SMILES string of the molecule is CCNC(=NCCc1cn2ccccc2n1)N1CCC(Oc2ccccc2)CC1.I. The highest BCUT2D eigenvalue weighted by atomic mass is 127. The molecule has 0 aliphatic carbocycles. The number of hydrogen-bond donors (Lipinski definition) is 1. The van der Waals surface area contributed by atoms with Crippen LogP contribution in [-0.2, 0) is 6.42 Å². The second-order valence-corrected chi connectivity index (χ2v) is 7.30. The van der Waals surface area contributed by atoms with E-state index in [1.165, 1.54) is 0 Å². The van der Waals surface area contributed by atoms with Crippen LogP contribution in [-0.4, -0.2) is 52.5 Å². The average Bonchev–Trinajstić information content (AvgIpc) is 3.17. The number of rotatable bonds is 6.